The quantitative estimate of drug-likeness (QED) is 0.895. The Hall–Kier alpha value is -1.87. The zero-order valence-corrected chi connectivity index (χ0v) is 11.6. The van der Waals surface area contributed by atoms with Gasteiger partial charge in [-0.3, -0.25) is 4.79 Å². The third kappa shape index (κ3) is 2.99. The van der Waals surface area contributed by atoms with E-state index in [0.717, 1.165) is 16.8 Å². The molecule has 0 atom stereocenters. The predicted octanol–water partition coefficient (Wildman–Crippen LogP) is 3.07. The first-order chi connectivity index (χ1) is 9.83. The summed E-state index contributed by atoms with van der Waals surface area (Å²) in [4.78, 5) is 15.1. The third-order valence-corrected chi connectivity index (χ3v) is 4.01. The number of hydrogen-bond acceptors (Lipinski definition) is 2. The molecule has 3 heteroatoms. The maximum absolute atomic E-state index is 12.1. The lowest BCUT2D eigenvalue weighted by atomic mass is 10.1. The molecule has 0 unspecified atom stereocenters. The summed E-state index contributed by atoms with van der Waals surface area (Å²) in [6.45, 7) is 0.662. The van der Waals surface area contributed by atoms with Crippen molar-refractivity contribution in [2.75, 3.05) is 0 Å². The molecule has 20 heavy (non-hydrogen) atoms. The Bertz CT molecular complexity index is 612. The van der Waals surface area contributed by atoms with Crippen LogP contribution in [-0.4, -0.2) is 11.0 Å². The first-order valence-corrected chi connectivity index (χ1v) is 7.34. The minimum atomic E-state index is 0.0110. The molecule has 0 saturated heterocycles. The molecular formula is C17H20N2O. The topological polar surface area (TPSA) is 44.9 Å². The number of benzene rings is 1. The van der Waals surface area contributed by atoms with Crippen LogP contribution in [0.2, 0.25) is 0 Å². The highest BCUT2D eigenvalue weighted by Crippen LogP contribution is 2.18. The van der Waals surface area contributed by atoms with Gasteiger partial charge in [-0.05, 0) is 24.5 Å². The molecule has 1 saturated carbocycles. The second-order valence-corrected chi connectivity index (χ2v) is 5.45. The largest absolute Gasteiger partial charge is 0.322 e. The van der Waals surface area contributed by atoms with Gasteiger partial charge in [-0.1, -0.05) is 49.2 Å². The lowest BCUT2D eigenvalue weighted by Crippen LogP contribution is -2.28. The average molecular weight is 268 g/mol. The van der Waals surface area contributed by atoms with Crippen molar-refractivity contribution < 1.29 is 0 Å². The fourth-order valence-electron chi connectivity index (χ4n) is 2.81. The molecule has 2 N–H and O–H groups in total. The molecule has 0 aliphatic heterocycles. The summed E-state index contributed by atoms with van der Waals surface area (Å²) < 4.78 is 0. The minimum Gasteiger partial charge on any atom is -0.322 e. The van der Waals surface area contributed by atoms with Gasteiger partial charge < -0.3 is 10.3 Å². The van der Waals surface area contributed by atoms with E-state index in [0.29, 0.717) is 12.6 Å². The first kappa shape index (κ1) is 13.1. The highest BCUT2D eigenvalue weighted by Gasteiger charge is 2.14. The van der Waals surface area contributed by atoms with Gasteiger partial charge >= 0.3 is 0 Å². The monoisotopic (exact) mass is 268 g/mol. The molecule has 1 aromatic heterocycles. The van der Waals surface area contributed by atoms with Gasteiger partial charge in [0.15, 0.2) is 0 Å². The minimum absolute atomic E-state index is 0.0110. The van der Waals surface area contributed by atoms with Crippen LogP contribution in [0.25, 0.3) is 11.3 Å². The lowest BCUT2D eigenvalue weighted by Gasteiger charge is -2.11. The summed E-state index contributed by atoms with van der Waals surface area (Å²) >= 11 is 0. The Morgan fingerprint density at radius 1 is 1.05 bits per heavy atom. The SMILES string of the molecule is O=c1[nH]c(-c2ccccc2)ccc1CNC1CCCC1. The highest BCUT2D eigenvalue weighted by atomic mass is 16.1. The Labute approximate surface area is 119 Å². The number of nitrogens with one attached hydrogen (secondary N) is 2. The highest BCUT2D eigenvalue weighted by molar-refractivity contribution is 5.58. The fourth-order valence-corrected chi connectivity index (χ4v) is 2.81. The first-order valence-electron chi connectivity index (χ1n) is 7.34. The van der Waals surface area contributed by atoms with Crippen molar-refractivity contribution in [3.63, 3.8) is 0 Å². The zero-order valence-electron chi connectivity index (χ0n) is 11.6. The van der Waals surface area contributed by atoms with Gasteiger partial charge in [-0.2, -0.15) is 0 Å². The van der Waals surface area contributed by atoms with Crippen molar-refractivity contribution in [3.05, 3.63) is 58.4 Å². The van der Waals surface area contributed by atoms with E-state index in [9.17, 15) is 4.79 Å². The van der Waals surface area contributed by atoms with Crippen molar-refractivity contribution in [1.82, 2.24) is 10.3 Å². The van der Waals surface area contributed by atoms with Crippen LogP contribution in [0, 0.1) is 0 Å². The molecule has 0 bridgehead atoms. The Morgan fingerprint density at radius 3 is 2.50 bits per heavy atom. The third-order valence-electron chi connectivity index (χ3n) is 4.01. The Morgan fingerprint density at radius 2 is 1.80 bits per heavy atom. The molecule has 1 aliphatic carbocycles. The van der Waals surface area contributed by atoms with E-state index in [4.69, 9.17) is 0 Å². The van der Waals surface area contributed by atoms with Crippen LogP contribution >= 0.6 is 0 Å². The standard InChI is InChI=1S/C17H20N2O/c20-17-14(12-18-15-8-4-5-9-15)10-11-16(19-17)13-6-2-1-3-7-13/h1-3,6-7,10-11,15,18H,4-5,8-9,12H2,(H,19,20). The molecule has 1 aromatic carbocycles. The summed E-state index contributed by atoms with van der Waals surface area (Å²) in [5, 5.41) is 3.48. The second-order valence-electron chi connectivity index (χ2n) is 5.45. The maximum atomic E-state index is 12.1. The molecular weight excluding hydrogens is 248 g/mol. The zero-order chi connectivity index (χ0) is 13.8. The predicted molar refractivity (Wildman–Crippen MR) is 81.6 cm³/mol. The van der Waals surface area contributed by atoms with Crippen molar-refractivity contribution in [1.29, 1.82) is 0 Å². The molecule has 1 fully saturated rings. The fraction of sp³-hybridized carbons (Fsp3) is 0.353. The number of aromatic nitrogens is 1. The van der Waals surface area contributed by atoms with Gasteiger partial charge in [0.25, 0.3) is 5.56 Å². The van der Waals surface area contributed by atoms with Gasteiger partial charge in [-0.15, -0.1) is 0 Å². The summed E-state index contributed by atoms with van der Waals surface area (Å²) in [6.07, 6.45) is 5.09. The van der Waals surface area contributed by atoms with Crippen LogP contribution < -0.4 is 10.9 Å². The molecule has 1 aliphatic rings. The van der Waals surface area contributed by atoms with Crippen molar-refractivity contribution in [3.8, 4) is 11.3 Å². The van der Waals surface area contributed by atoms with Crippen LogP contribution in [0.4, 0.5) is 0 Å². The summed E-state index contributed by atoms with van der Waals surface area (Å²) in [7, 11) is 0. The van der Waals surface area contributed by atoms with Gasteiger partial charge in [0.1, 0.15) is 0 Å². The number of hydrogen-bond donors (Lipinski definition) is 2. The molecule has 2 aromatic rings. The van der Waals surface area contributed by atoms with Crippen LogP contribution in [0.1, 0.15) is 31.2 Å². The van der Waals surface area contributed by atoms with Crippen LogP contribution in [0.15, 0.2) is 47.3 Å². The Balaban J connectivity index is 1.72. The lowest BCUT2D eigenvalue weighted by molar-refractivity contribution is 0.522. The molecule has 0 spiro atoms. The smallest absolute Gasteiger partial charge is 0.252 e. The van der Waals surface area contributed by atoms with E-state index in [1.807, 2.05) is 42.5 Å². The summed E-state index contributed by atoms with van der Waals surface area (Å²) in [5.74, 6) is 0. The van der Waals surface area contributed by atoms with Gasteiger partial charge in [0.05, 0.1) is 0 Å². The average Bonchev–Trinajstić information content (AvgIpc) is 3.00. The number of H-pyrrole nitrogens is 1. The van der Waals surface area contributed by atoms with Crippen molar-refractivity contribution in [2.45, 2.75) is 38.3 Å². The second kappa shape index (κ2) is 6.06. The van der Waals surface area contributed by atoms with E-state index >= 15 is 0 Å². The number of rotatable bonds is 4. The van der Waals surface area contributed by atoms with E-state index in [1.54, 1.807) is 0 Å². The maximum Gasteiger partial charge on any atom is 0.252 e. The van der Waals surface area contributed by atoms with E-state index in [2.05, 4.69) is 10.3 Å². The van der Waals surface area contributed by atoms with Gasteiger partial charge in [-0.25, -0.2) is 0 Å². The van der Waals surface area contributed by atoms with E-state index < -0.39 is 0 Å². The summed E-state index contributed by atoms with van der Waals surface area (Å²) in [6, 6.07) is 14.4. The molecule has 0 amide bonds. The number of pyridine rings is 1. The molecule has 104 valence electrons. The number of aromatic amines is 1. The van der Waals surface area contributed by atoms with Gasteiger partial charge in [0.2, 0.25) is 0 Å². The van der Waals surface area contributed by atoms with Crippen LogP contribution in [0.3, 0.4) is 0 Å². The van der Waals surface area contributed by atoms with Crippen LogP contribution in [-0.2, 0) is 6.54 Å². The van der Waals surface area contributed by atoms with Crippen molar-refractivity contribution >= 4 is 0 Å². The van der Waals surface area contributed by atoms with E-state index in [1.165, 1.54) is 25.7 Å². The Kier molecular flexibility index (Phi) is 3.97. The molecule has 3 nitrogen and oxygen atoms in total. The van der Waals surface area contributed by atoms with Crippen LogP contribution in [0.5, 0.6) is 0 Å². The summed E-state index contributed by atoms with van der Waals surface area (Å²) in [5.41, 5.74) is 2.74. The molecule has 1 heterocycles. The normalized spacial score (nSPS) is 15.6. The van der Waals surface area contributed by atoms with Crippen molar-refractivity contribution in [2.24, 2.45) is 0 Å². The molecule has 3 rings (SSSR count). The van der Waals surface area contributed by atoms with Gasteiger partial charge in [0, 0.05) is 23.8 Å². The van der Waals surface area contributed by atoms with E-state index in [-0.39, 0.29) is 5.56 Å². The molecule has 0 radical (unpaired) electrons.